The van der Waals surface area contributed by atoms with Crippen molar-refractivity contribution in [3.63, 3.8) is 0 Å². The van der Waals surface area contributed by atoms with Crippen LogP contribution in [0.5, 0.6) is 0 Å². The van der Waals surface area contributed by atoms with Crippen LogP contribution in [0.25, 0.3) is 0 Å². The van der Waals surface area contributed by atoms with E-state index in [1.807, 2.05) is 44.3 Å². The topological polar surface area (TPSA) is 29.5 Å². The summed E-state index contributed by atoms with van der Waals surface area (Å²) in [5.41, 5.74) is 2.09. The molecule has 0 saturated heterocycles. The molecular weight excluding hydrogens is 314 g/mol. The molecule has 0 N–H and O–H groups in total. The molecule has 1 atom stereocenters. The third-order valence-electron chi connectivity index (χ3n) is 2.64. The molecule has 0 saturated carbocycles. The fraction of sp³-hybridized carbons (Fsp3) is 0.538. The van der Waals surface area contributed by atoms with Gasteiger partial charge in [-0.2, -0.15) is 0 Å². The molecule has 102 valence electrons. The Bertz CT molecular complexity index is 414. The van der Waals surface area contributed by atoms with Crippen LogP contribution in [0.2, 0.25) is 0 Å². The van der Waals surface area contributed by atoms with Crippen LogP contribution in [-0.4, -0.2) is 35.3 Å². The molecule has 1 aromatic carbocycles. The first-order valence-electron chi connectivity index (χ1n) is 5.94. The molecule has 0 fully saturated rings. The second kappa shape index (κ2) is 7.38. The lowest BCUT2D eigenvalue weighted by Crippen LogP contribution is -2.26. The van der Waals surface area contributed by atoms with Crippen LogP contribution < -0.4 is 0 Å². The van der Waals surface area contributed by atoms with E-state index in [1.54, 1.807) is 0 Å². The summed E-state index contributed by atoms with van der Waals surface area (Å²) in [5, 5.41) is 0. The monoisotopic (exact) mass is 333 g/mol. The maximum absolute atomic E-state index is 12.5. The molecule has 0 aliphatic carbocycles. The van der Waals surface area contributed by atoms with Crippen LogP contribution in [0.15, 0.2) is 21.5 Å². The lowest BCUT2D eigenvalue weighted by atomic mass is 10.2. The minimum atomic E-state index is -1.13. The van der Waals surface area contributed by atoms with Crippen LogP contribution in [-0.2, 0) is 15.7 Å². The molecule has 0 aliphatic rings. The Labute approximate surface area is 120 Å². The predicted molar refractivity (Wildman–Crippen MR) is 79.1 cm³/mol. The molecule has 0 amide bonds. The van der Waals surface area contributed by atoms with Crippen LogP contribution in [0.3, 0.4) is 0 Å². The van der Waals surface area contributed by atoms with E-state index in [4.69, 9.17) is 4.74 Å². The molecule has 1 unspecified atom stereocenters. The van der Waals surface area contributed by atoms with Gasteiger partial charge in [0.2, 0.25) is 0 Å². The lowest BCUT2D eigenvalue weighted by Gasteiger charge is -2.18. The SMILES string of the molecule is CCOCCN(C)S(=O)c1c(C)cc(Br)cc1C. The Kier molecular flexibility index (Phi) is 6.49. The maximum Gasteiger partial charge on any atom is 0.127 e. The quantitative estimate of drug-likeness (QED) is 0.749. The molecule has 5 heteroatoms. The van der Waals surface area contributed by atoms with Crippen molar-refractivity contribution in [2.75, 3.05) is 26.8 Å². The number of hydrogen-bond donors (Lipinski definition) is 0. The summed E-state index contributed by atoms with van der Waals surface area (Å²) in [6.45, 7) is 7.89. The number of benzene rings is 1. The standard InChI is InChI=1S/C13H20BrNO2S/c1-5-17-7-6-15(4)18(16)13-10(2)8-12(14)9-11(13)3/h8-9H,5-7H2,1-4H3. The van der Waals surface area contributed by atoms with Crippen LogP contribution in [0, 0.1) is 13.8 Å². The molecule has 0 spiro atoms. The molecule has 0 aromatic heterocycles. The maximum atomic E-state index is 12.5. The second-order valence-electron chi connectivity index (χ2n) is 4.17. The van der Waals surface area contributed by atoms with Crippen molar-refractivity contribution in [1.82, 2.24) is 4.31 Å². The minimum Gasteiger partial charge on any atom is -0.380 e. The molecule has 0 bridgehead atoms. The van der Waals surface area contributed by atoms with E-state index in [2.05, 4.69) is 15.9 Å². The third kappa shape index (κ3) is 4.16. The molecule has 1 rings (SSSR count). The Hall–Kier alpha value is -0.230. The van der Waals surface area contributed by atoms with E-state index in [0.29, 0.717) is 19.8 Å². The van der Waals surface area contributed by atoms with Gasteiger partial charge in [-0.15, -0.1) is 0 Å². The van der Waals surface area contributed by atoms with Crippen molar-refractivity contribution >= 4 is 26.9 Å². The van der Waals surface area contributed by atoms with Crippen molar-refractivity contribution in [1.29, 1.82) is 0 Å². The number of nitrogens with zero attached hydrogens (tertiary/aromatic N) is 1. The number of likely N-dealkylation sites (N-methyl/N-ethyl adjacent to an activating group) is 1. The van der Waals surface area contributed by atoms with Gasteiger partial charge in [-0.3, -0.25) is 0 Å². The number of ether oxygens (including phenoxy) is 1. The minimum absolute atomic E-state index is 0.605. The van der Waals surface area contributed by atoms with E-state index in [-0.39, 0.29) is 0 Å². The van der Waals surface area contributed by atoms with Gasteiger partial charge in [0, 0.05) is 24.7 Å². The highest BCUT2D eigenvalue weighted by molar-refractivity contribution is 9.10. The molecule has 1 aromatic rings. The Balaban J connectivity index is 2.83. The van der Waals surface area contributed by atoms with E-state index in [1.165, 1.54) is 0 Å². The molecular formula is C13H20BrNO2S. The average molecular weight is 334 g/mol. The van der Waals surface area contributed by atoms with Gasteiger partial charge < -0.3 is 4.74 Å². The number of hydrogen-bond acceptors (Lipinski definition) is 2. The largest absolute Gasteiger partial charge is 0.380 e. The van der Waals surface area contributed by atoms with Crippen molar-refractivity contribution in [3.8, 4) is 0 Å². The van der Waals surface area contributed by atoms with Gasteiger partial charge in [0.1, 0.15) is 11.0 Å². The van der Waals surface area contributed by atoms with Gasteiger partial charge in [0.05, 0.1) is 11.5 Å². The zero-order valence-corrected chi connectivity index (χ0v) is 13.7. The van der Waals surface area contributed by atoms with E-state index >= 15 is 0 Å². The highest BCUT2D eigenvalue weighted by Crippen LogP contribution is 2.24. The van der Waals surface area contributed by atoms with E-state index < -0.39 is 11.0 Å². The fourth-order valence-corrected chi connectivity index (χ4v) is 3.66. The summed E-state index contributed by atoms with van der Waals surface area (Å²) < 4.78 is 20.6. The molecule has 0 heterocycles. The van der Waals surface area contributed by atoms with Crippen molar-refractivity contribution in [2.24, 2.45) is 0 Å². The second-order valence-corrected chi connectivity index (χ2v) is 6.61. The van der Waals surface area contributed by atoms with Gasteiger partial charge in [0.15, 0.2) is 0 Å². The van der Waals surface area contributed by atoms with Crippen molar-refractivity contribution < 1.29 is 8.95 Å². The summed E-state index contributed by atoms with van der Waals surface area (Å²) in [5.74, 6) is 0. The molecule has 0 aliphatic heterocycles. The van der Waals surface area contributed by atoms with E-state index in [0.717, 1.165) is 20.5 Å². The van der Waals surface area contributed by atoms with Crippen molar-refractivity contribution in [2.45, 2.75) is 25.7 Å². The lowest BCUT2D eigenvalue weighted by molar-refractivity contribution is 0.139. The number of aryl methyl sites for hydroxylation is 2. The van der Waals surface area contributed by atoms with Gasteiger partial charge in [-0.05, 0) is 44.0 Å². The van der Waals surface area contributed by atoms with Gasteiger partial charge >= 0.3 is 0 Å². The predicted octanol–water partition coefficient (Wildman–Crippen LogP) is 3.06. The summed E-state index contributed by atoms with van der Waals surface area (Å²) >= 11 is 3.45. The van der Waals surface area contributed by atoms with Gasteiger partial charge in [-0.1, -0.05) is 15.9 Å². The average Bonchev–Trinajstić information content (AvgIpc) is 2.27. The van der Waals surface area contributed by atoms with Crippen LogP contribution >= 0.6 is 15.9 Å². The zero-order chi connectivity index (χ0) is 13.7. The summed E-state index contributed by atoms with van der Waals surface area (Å²) in [6, 6.07) is 3.99. The molecule has 3 nitrogen and oxygen atoms in total. The molecule has 0 radical (unpaired) electrons. The van der Waals surface area contributed by atoms with Crippen molar-refractivity contribution in [3.05, 3.63) is 27.7 Å². The summed E-state index contributed by atoms with van der Waals surface area (Å²) in [4.78, 5) is 0.900. The highest BCUT2D eigenvalue weighted by atomic mass is 79.9. The Morgan fingerprint density at radius 2 is 1.89 bits per heavy atom. The zero-order valence-electron chi connectivity index (χ0n) is 11.3. The smallest absolute Gasteiger partial charge is 0.127 e. The number of rotatable bonds is 6. The first-order chi connectivity index (χ1) is 8.47. The van der Waals surface area contributed by atoms with Gasteiger partial charge in [0.25, 0.3) is 0 Å². The third-order valence-corrected chi connectivity index (χ3v) is 4.84. The Morgan fingerprint density at radius 1 is 1.33 bits per heavy atom. The summed E-state index contributed by atoms with van der Waals surface area (Å²) in [6.07, 6.45) is 0. The molecule has 18 heavy (non-hydrogen) atoms. The van der Waals surface area contributed by atoms with Crippen LogP contribution in [0.4, 0.5) is 0 Å². The normalized spacial score (nSPS) is 13.0. The fourth-order valence-electron chi connectivity index (χ4n) is 1.75. The first-order valence-corrected chi connectivity index (χ1v) is 7.84. The summed E-state index contributed by atoms with van der Waals surface area (Å²) in [7, 11) is 0.727. The van der Waals surface area contributed by atoms with Crippen LogP contribution in [0.1, 0.15) is 18.1 Å². The highest BCUT2D eigenvalue weighted by Gasteiger charge is 2.16. The Morgan fingerprint density at radius 3 is 2.39 bits per heavy atom. The van der Waals surface area contributed by atoms with Gasteiger partial charge in [-0.25, -0.2) is 8.51 Å². The first kappa shape index (κ1) is 15.8. The number of halogens is 1. The van der Waals surface area contributed by atoms with E-state index in [9.17, 15) is 4.21 Å².